The van der Waals surface area contributed by atoms with Crippen molar-refractivity contribution in [3.8, 4) is 0 Å². The number of rotatable bonds is 5. The van der Waals surface area contributed by atoms with E-state index in [0.717, 1.165) is 15.1 Å². The van der Waals surface area contributed by atoms with Gasteiger partial charge in [0.2, 0.25) is 5.91 Å². The Labute approximate surface area is 130 Å². The van der Waals surface area contributed by atoms with Gasteiger partial charge in [0.1, 0.15) is 6.61 Å². The monoisotopic (exact) mass is 351 g/mol. The zero-order valence-electron chi connectivity index (χ0n) is 10.9. The molecule has 2 aromatic rings. The summed E-state index contributed by atoms with van der Waals surface area (Å²) in [7, 11) is 1.50. The van der Waals surface area contributed by atoms with Crippen LogP contribution in [0.3, 0.4) is 0 Å². The maximum Gasteiger partial charge on any atom is 0.250 e. The second kappa shape index (κ2) is 7.47. The third kappa shape index (κ3) is 4.67. The van der Waals surface area contributed by atoms with E-state index in [1.165, 1.54) is 12.0 Å². The molecule has 0 aliphatic rings. The number of methoxy groups -OCH3 is 1. The molecule has 0 aromatic heterocycles. The molecule has 2 rings (SSSR count). The van der Waals surface area contributed by atoms with Crippen LogP contribution in [0.15, 0.2) is 62.8 Å². The average molecular weight is 352 g/mol. The fourth-order valence-corrected chi connectivity index (χ4v) is 2.65. The second-order valence-corrected chi connectivity index (χ2v) is 6.12. The van der Waals surface area contributed by atoms with Crippen molar-refractivity contribution in [3.63, 3.8) is 0 Å². The Hall–Kier alpha value is -1.30. The third-order valence-corrected chi connectivity index (χ3v) is 4.01. The Morgan fingerprint density at radius 3 is 2.20 bits per heavy atom. The summed E-state index contributed by atoms with van der Waals surface area (Å²) in [5.41, 5.74) is 0.771. The molecule has 1 amide bonds. The lowest BCUT2D eigenvalue weighted by Gasteiger charge is -2.06. The van der Waals surface area contributed by atoms with Crippen molar-refractivity contribution in [1.29, 1.82) is 0 Å². The van der Waals surface area contributed by atoms with Crippen molar-refractivity contribution in [2.45, 2.75) is 9.79 Å². The van der Waals surface area contributed by atoms with Crippen molar-refractivity contribution in [2.24, 2.45) is 0 Å². The molecule has 0 radical (unpaired) electrons. The predicted molar refractivity (Wildman–Crippen MR) is 85.2 cm³/mol. The summed E-state index contributed by atoms with van der Waals surface area (Å²) in [5.74, 6) is -0.152. The van der Waals surface area contributed by atoms with Gasteiger partial charge < -0.3 is 10.1 Å². The topological polar surface area (TPSA) is 38.3 Å². The molecular formula is C15H14BrNO2S. The summed E-state index contributed by atoms with van der Waals surface area (Å²) < 4.78 is 5.84. The van der Waals surface area contributed by atoms with Crippen molar-refractivity contribution in [3.05, 3.63) is 53.0 Å². The number of ether oxygens (including phenoxy) is 1. The van der Waals surface area contributed by atoms with E-state index in [0.29, 0.717) is 0 Å². The molecule has 0 heterocycles. The van der Waals surface area contributed by atoms with Gasteiger partial charge in [-0.2, -0.15) is 0 Å². The number of carbonyl (C=O) groups excluding carboxylic acids is 1. The fraction of sp³-hybridized carbons (Fsp3) is 0.133. The zero-order chi connectivity index (χ0) is 14.4. The molecule has 5 heteroatoms. The van der Waals surface area contributed by atoms with Gasteiger partial charge in [-0.05, 0) is 48.5 Å². The first-order chi connectivity index (χ1) is 9.67. The van der Waals surface area contributed by atoms with E-state index in [1.807, 2.05) is 36.4 Å². The van der Waals surface area contributed by atoms with Crippen LogP contribution in [-0.2, 0) is 9.53 Å². The summed E-state index contributed by atoms with van der Waals surface area (Å²) >= 11 is 5.09. The minimum atomic E-state index is -0.152. The van der Waals surface area contributed by atoms with E-state index in [1.54, 1.807) is 11.8 Å². The van der Waals surface area contributed by atoms with E-state index < -0.39 is 0 Å². The number of carbonyl (C=O) groups is 1. The minimum absolute atomic E-state index is 0.0649. The normalized spacial score (nSPS) is 10.3. The van der Waals surface area contributed by atoms with Gasteiger partial charge in [0.25, 0.3) is 0 Å². The van der Waals surface area contributed by atoms with Crippen LogP contribution in [0.4, 0.5) is 5.69 Å². The SMILES string of the molecule is COCC(=O)Nc1ccc(Sc2ccc(Br)cc2)cc1. The highest BCUT2D eigenvalue weighted by molar-refractivity contribution is 9.10. The molecule has 0 atom stereocenters. The number of benzene rings is 2. The molecule has 0 fully saturated rings. The summed E-state index contributed by atoms with van der Waals surface area (Å²) in [4.78, 5) is 13.7. The molecule has 104 valence electrons. The van der Waals surface area contributed by atoms with Crippen LogP contribution in [0.5, 0.6) is 0 Å². The molecule has 0 saturated heterocycles. The highest BCUT2D eigenvalue weighted by atomic mass is 79.9. The van der Waals surface area contributed by atoms with Crippen LogP contribution in [0.1, 0.15) is 0 Å². The average Bonchev–Trinajstić information content (AvgIpc) is 2.44. The van der Waals surface area contributed by atoms with Crippen molar-refractivity contribution in [2.75, 3.05) is 19.0 Å². The number of nitrogens with one attached hydrogen (secondary N) is 1. The highest BCUT2D eigenvalue weighted by Gasteiger charge is 2.02. The lowest BCUT2D eigenvalue weighted by molar-refractivity contribution is -0.119. The van der Waals surface area contributed by atoms with Gasteiger partial charge >= 0.3 is 0 Å². The molecule has 0 saturated carbocycles. The van der Waals surface area contributed by atoms with Crippen LogP contribution in [0.2, 0.25) is 0 Å². The highest BCUT2D eigenvalue weighted by Crippen LogP contribution is 2.29. The second-order valence-electron chi connectivity index (χ2n) is 4.06. The van der Waals surface area contributed by atoms with Crippen LogP contribution in [-0.4, -0.2) is 19.6 Å². The van der Waals surface area contributed by atoms with Gasteiger partial charge in [-0.3, -0.25) is 4.79 Å². The predicted octanol–water partition coefficient (Wildman–Crippen LogP) is 4.19. The first-order valence-corrected chi connectivity index (χ1v) is 7.60. The maximum absolute atomic E-state index is 11.4. The molecule has 0 aliphatic heterocycles. The molecule has 3 nitrogen and oxygen atoms in total. The number of halogens is 1. The molecule has 1 N–H and O–H groups in total. The Balaban J connectivity index is 1.97. The van der Waals surface area contributed by atoms with E-state index >= 15 is 0 Å². The smallest absolute Gasteiger partial charge is 0.250 e. The number of anilines is 1. The molecule has 20 heavy (non-hydrogen) atoms. The number of hydrogen-bond donors (Lipinski definition) is 1. The third-order valence-electron chi connectivity index (χ3n) is 2.46. The molecule has 2 aromatic carbocycles. The Kier molecular flexibility index (Phi) is 5.64. The van der Waals surface area contributed by atoms with Gasteiger partial charge in [-0.1, -0.05) is 27.7 Å². The molecule has 0 bridgehead atoms. The first kappa shape index (κ1) is 15.1. The summed E-state index contributed by atoms with van der Waals surface area (Å²) in [6.45, 7) is 0.0649. The maximum atomic E-state index is 11.4. The number of hydrogen-bond acceptors (Lipinski definition) is 3. The van der Waals surface area contributed by atoms with E-state index in [2.05, 4.69) is 33.4 Å². The van der Waals surface area contributed by atoms with Gasteiger partial charge in [-0.25, -0.2) is 0 Å². The lowest BCUT2D eigenvalue weighted by atomic mass is 10.3. The van der Waals surface area contributed by atoms with E-state index in [-0.39, 0.29) is 12.5 Å². The van der Waals surface area contributed by atoms with Crippen molar-refractivity contribution < 1.29 is 9.53 Å². The van der Waals surface area contributed by atoms with Crippen LogP contribution < -0.4 is 5.32 Å². The standard InChI is InChI=1S/C15H14BrNO2S/c1-19-10-15(18)17-12-4-8-14(9-5-12)20-13-6-2-11(16)3-7-13/h2-9H,10H2,1H3,(H,17,18). The van der Waals surface area contributed by atoms with Crippen molar-refractivity contribution >= 4 is 39.3 Å². The Morgan fingerprint density at radius 2 is 1.65 bits per heavy atom. The fourth-order valence-electron chi connectivity index (χ4n) is 1.57. The summed E-state index contributed by atoms with van der Waals surface area (Å²) in [6, 6.07) is 15.9. The first-order valence-electron chi connectivity index (χ1n) is 5.99. The van der Waals surface area contributed by atoms with Gasteiger partial charge in [0.05, 0.1) is 0 Å². The van der Waals surface area contributed by atoms with Gasteiger partial charge in [0.15, 0.2) is 0 Å². The zero-order valence-corrected chi connectivity index (χ0v) is 13.3. The van der Waals surface area contributed by atoms with Crippen LogP contribution in [0.25, 0.3) is 0 Å². The van der Waals surface area contributed by atoms with Crippen molar-refractivity contribution in [1.82, 2.24) is 0 Å². The van der Waals surface area contributed by atoms with Gasteiger partial charge in [-0.15, -0.1) is 0 Å². The molecule has 0 unspecified atom stereocenters. The molecule has 0 aliphatic carbocycles. The summed E-state index contributed by atoms with van der Waals surface area (Å²) in [6.07, 6.45) is 0. The Morgan fingerprint density at radius 1 is 1.10 bits per heavy atom. The molecule has 0 spiro atoms. The lowest BCUT2D eigenvalue weighted by Crippen LogP contribution is -2.16. The summed E-state index contributed by atoms with van der Waals surface area (Å²) in [5, 5.41) is 2.76. The van der Waals surface area contributed by atoms with E-state index in [9.17, 15) is 4.79 Å². The van der Waals surface area contributed by atoms with Gasteiger partial charge in [0, 0.05) is 27.1 Å². The minimum Gasteiger partial charge on any atom is -0.375 e. The van der Waals surface area contributed by atoms with Crippen LogP contribution in [0, 0.1) is 0 Å². The molecular weight excluding hydrogens is 338 g/mol. The quantitative estimate of drug-likeness (QED) is 0.877. The largest absolute Gasteiger partial charge is 0.375 e. The van der Waals surface area contributed by atoms with Crippen LogP contribution >= 0.6 is 27.7 Å². The number of amides is 1. The van der Waals surface area contributed by atoms with E-state index in [4.69, 9.17) is 4.74 Å². The Bertz CT molecular complexity index is 569.